The molecule has 0 spiro atoms. The Kier molecular flexibility index (Phi) is 5.72. The predicted octanol–water partition coefficient (Wildman–Crippen LogP) is 3.94. The first-order valence-corrected chi connectivity index (χ1v) is 9.27. The quantitative estimate of drug-likeness (QED) is 0.540. The van der Waals surface area contributed by atoms with Gasteiger partial charge < -0.3 is 5.11 Å². The maximum atomic E-state index is 11.4. The number of allylic oxidation sites excluding steroid dienone is 2. The van der Waals surface area contributed by atoms with Gasteiger partial charge in [0.1, 0.15) is 0 Å². The molecular weight excluding hydrogens is 216 g/mol. The van der Waals surface area contributed by atoms with E-state index in [9.17, 15) is 9.90 Å². The monoisotopic (exact) mass is 240 g/mol. The van der Waals surface area contributed by atoms with Crippen molar-refractivity contribution in [3.63, 3.8) is 0 Å². The molecule has 0 fully saturated rings. The second-order valence-corrected chi connectivity index (χ2v) is 10.9. The highest BCUT2D eigenvalue weighted by molar-refractivity contribution is 6.80. The van der Waals surface area contributed by atoms with Crippen molar-refractivity contribution in [1.29, 1.82) is 0 Å². The highest BCUT2D eigenvalue weighted by Gasteiger charge is 2.37. The Morgan fingerprint density at radius 1 is 1.44 bits per heavy atom. The van der Waals surface area contributed by atoms with Crippen LogP contribution in [-0.2, 0) is 4.79 Å². The molecule has 1 N–H and O–H groups in total. The lowest BCUT2D eigenvalue weighted by Gasteiger charge is -2.31. The van der Waals surface area contributed by atoms with Gasteiger partial charge in [0.2, 0.25) is 0 Å². The van der Waals surface area contributed by atoms with Gasteiger partial charge in [-0.1, -0.05) is 31.3 Å². The Hall–Kier alpha value is -0.833. The molecule has 2 nitrogen and oxygen atoms in total. The molecule has 0 heterocycles. The zero-order valence-electron chi connectivity index (χ0n) is 10.9. The van der Waals surface area contributed by atoms with Gasteiger partial charge in [0.15, 0.2) is 0 Å². The summed E-state index contributed by atoms with van der Waals surface area (Å²) in [6, 6.07) is 0. The van der Waals surface area contributed by atoms with Gasteiger partial charge in [-0.2, -0.15) is 0 Å². The minimum absolute atomic E-state index is 0.0702. The van der Waals surface area contributed by atoms with Crippen LogP contribution in [0.2, 0.25) is 25.2 Å². The molecule has 0 saturated carbocycles. The second kappa shape index (κ2) is 6.04. The first-order chi connectivity index (χ1) is 7.20. The molecule has 2 atom stereocenters. The van der Waals surface area contributed by atoms with Crippen LogP contribution in [0.5, 0.6) is 0 Å². The van der Waals surface area contributed by atoms with E-state index in [1.807, 2.05) is 6.92 Å². The molecule has 0 aliphatic heterocycles. The molecule has 0 aliphatic rings. The van der Waals surface area contributed by atoms with Crippen molar-refractivity contribution in [2.75, 3.05) is 0 Å². The summed E-state index contributed by atoms with van der Waals surface area (Å²) in [4.78, 5) is 11.4. The van der Waals surface area contributed by atoms with E-state index in [-0.39, 0.29) is 11.5 Å². The molecule has 0 aromatic rings. The number of carbonyl (C=O) groups is 1. The van der Waals surface area contributed by atoms with Gasteiger partial charge in [0, 0.05) is 0 Å². The SMILES string of the molecule is C=C[C@@H](CCC(=C)C)[C@@H](C(=O)O)[Si](C)(C)C. The van der Waals surface area contributed by atoms with Gasteiger partial charge in [-0.3, -0.25) is 4.79 Å². The molecule has 16 heavy (non-hydrogen) atoms. The molecular formula is C13H24O2Si. The van der Waals surface area contributed by atoms with E-state index >= 15 is 0 Å². The lowest BCUT2D eigenvalue weighted by atomic mass is 9.97. The Labute approximate surface area is 100 Å². The highest BCUT2D eigenvalue weighted by atomic mass is 28.3. The summed E-state index contributed by atoms with van der Waals surface area (Å²) in [7, 11) is -1.71. The fourth-order valence-corrected chi connectivity index (χ4v) is 4.36. The fourth-order valence-electron chi connectivity index (χ4n) is 2.03. The van der Waals surface area contributed by atoms with Crippen LogP contribution in [0.1, 0.15) is 19.8 Å². The van der Waals surface area contributed by atoms with E-state index in [0.717, 1.165) is 18.4 Å². The molecule has 0 amide bonds. The average Bonchev–Trinajstić information content (AvgIpc) is 2.08. The van der Waals surface area contributed by atoms with Crippen molar-refractivity contribution in [3.8, 4) is 0 Å². The molecule has 0 radical (unpaired) electrons. The first-order valence-electron chi connectivity index (χ1n) is 5.70. The minimum Gasteiger partial charge on any atom is -0.481 e. The maximum absolute atomic E-state index is 11.4. The van der Waals surface area contributed by atoms with E-state index in [1.165, 1.54) is 0 Å². The van der Waals surface area contributed by atoms with Gasteiger partial charge in [0.05, 0.1) is 13.6 Å². The van der Waals surface area contributed by atoms with Crippen LogP contribution < -0.4 is 0 Å². The number of hydrogen-bond acceptors (Lipinski definition) is 1. The number of aliphatic carboxylic acids is 1. The molecule has 0 aromatic carbocycles. The lowest BCUT2D eigenvalue weighted by molar-refractivity contribution is -0.137. The summed E-state index contributed by atoms with van der Waals surface area (Å²) in [5.74, 6) is -0.605. The van der Waals surface area contributed by atoms with Crippen LogP contribution in [0.15, 0.2) is 24.8 Å². The second-order valence-electron chi connectivity index (χ2n) is 5.58. The van der Waals surface area contributed by atoms with Crippen molar-refractivity contribution in [3.05, 3.63) is 24.8 Å². The Morgan fingerprint density at radius 3 is 2.19 bits per heavy atom. The Morgan fingerprint density at radius 2 is 1.94 bits per heavy atom. The maximum Gasteiger partial charge on any atom is 0.304 e. The third-order valence-electron chi connectivity index (χ3n) is 2.83. The van der Waals surface area contributed by atoms with Crippen LogP contribution >= 0.6 is 0 Å². The molecule has 0 unspecified atom stereocenters. The lowest BCUT2D eigenvalue weighted by Crippen LogP contribution is -2.38. The number of carboxylic acids is 1. The van der Waals surface area contributed by atoms with Crippen molar-refractivity contribution < 1.29 is 9.90 Å². The Balaban J connectivity index is 4.80. The molecule has 0 saturated heterocycles. The molecule has 0 aromatic heterocycles. The van der Waals surface area contributed by atoms with E-state index in [2.05, 4.69) is 32.8 Å². The highest BCUT2D eigenvalue weighted by Crippen LogP contribution is 2.34. The first kappa shape index (κ1) is 15.2. The van der Waals surface area contributed by atoms with Gasteiger partial charge in [-0.15, -0.1) is 13.2 Å². The summed E-state index contributed by atoms with van der Waals surface area (Å²) < 4.78 is 0. The number of carboxylic acid groups (broad SMARTS) is 1. The average molecular weight is 240 g/mol. The molecule has 0 rings (SSSR count). The summed E-state index contributed by atoms with van der Waals surface area (Å²) >= 11 is 0. The zero-order chi connectivity index (χ0) is 12.9. The number of hydrogen-bond donors (Lipinski definition) is 1. The number of rotatable bonds is 7. The minimum atomic E-state index is -1.71. The van der Waals surface area contributed by atoms with E-state index in [1.54, 1.807) is 6.08 Å². The summed E-state index contributed by atoms with van der Waals surface area (Å²) in [6.07, 6.45) is 3.53. The van der Waals surface area contributed by atoms with E-state index in [0.29, 0.717) is 0 Å². The van der Waals surface area contributed by atoms with Crippen molar-refractivity contribution in [2.24, 2.45) is 5.92 Å². The van der Waals surface area contributed by atoms with Crippen LogP contribution in [0.4, 0.5) is 0 Å². The van der Waals surface area contributed by atoms with Crippen molar-refractivity contribution in [1.82, 2.24) is 0 Å². The molecule has 0 aliphatic carbocycles. The fraction of sp³-hybridized carbons (Fsp3) is 0.615. The standard InChI is InChI=1S/C13H24O2Si/c1-7-11(9-8-10(2)3)12(13(14)15)16(4,5)6/h7,11-12H,1-2,8-9H2,3-6H3,(H,14,15)/t11-,12-/m0/s1. The Bertz CT molecular complexity index is 276. The molecule has 3 heteroatoms. The van der Waals surface area contributed by atoms with Crippen LogP contribution in [0.3, 0.4) is 0 Å². The zero-order valence-corrected chi connectivity index (χ0v) is 11.9. The van der Waals surface area contributed by atoms with Gasteiger partial charge in [0.25, 0.3) is 0 Å². The molecule has 0 bridgehead atoms. The van der Waals surface area contributed by atoms with Gasteiger partial charge >= 0.3 is 5.97 Å². The van der Waals surface area contributed by atoms with Crippen LogP contribution in [0.25, 0.3) is 0 Å². The van der Waals surface area contributed by atoms with Gasteiger partial charge in [-0.25, -0.2) is 0 Å². The third-order valence-corrected chi connectivity index (χ3v) is 5.38. The smallest absolute Gasteiger partial charge is 0.304 e. The third kappa shape index (κ3) is 4.79. The summed E-state index contributed by atoms with van der Waals surface area (Å²) in [5, 5.41) is 9.34. The summed E-state index contributed by atoms with van der Waals surface area (Å²) in [6.45, 7) is 15.9. The molecule has 92 valence electrons. The normalized spacial score (nSPS) is 15.2. The van der Waals surface area contributed by atoms with Crippen molar-refractivity contribution in [2.45, 2.75) is 44.9 Å². The topological polar surface area (TPSA) is 37.3 Å². The van der Waals surface area contributed by atoms with E-state index < -0.39 is 14.0 Å². The summed E-state index contributed by atoms with van der Waals surface area (Å²) in [5.41, 5.74) is 0.857. The van der Waals surface area contributed by atoms with Crippen molar-refractivity contribution >= 4 is 14.0 Å². The van der Waals surface area contributed by atoms with Crippen LogP contribution in [-0.4, -0.2) is 19.1 Å². The largest absolute Gasteiger partial charge is 0.481 e. The predicted molar refractivity (Wildman–Crippen MR) is 72.5 cm³/mol. The van der Waals surface area contributed by atoms with Crippen LogP contribution in [0, 0.1) is 5.92 Å². The van der Waals surface area contributed by atoms with Gasteiger partial charge in [-0.05, 0) is 25.7 Å². The van der Waals surface area contributed by atoms with E-state index in [4.69, 9.17) is 0 Å².